The highest BCUT2D eigenvalue weighted by Gasteiger charge is 2.28. The SMILES string of the molecule is COC(=O)CNC(=O)c1ccc(NC(=O)C2CCN(C(=O)c3ccco3)CC2)cc1. The monoisotopic (exact) mass is 413 g/mol. The first-order valence-corrected chi connectivity index (χ1v) is 9.56. The van der Waals surface area contributed by atoms with Gasteiger partial charge in [0.25, 0.3) is 11.8 Å². The van der Waals surface area contributed by atoms with E-state index in [1.807, 2.05) is 0 Å². The Morgan fingerprint density at radius 3 is 2.40 bits per heavy atom. The fourth-order valence-electron chi connectivity index (χ4n) is 3.18. The van der Waals surface area contributed by atoms with Gasteiger partial charge in [0.15, 0.2) is 5.76 Å². The van der Waals surface area contributed by atoms with Crippen LogP contribution in [0.5, 0.6) is 0 Å². The Hall–Kier alpha value is -3.62. The van der Waals surface area contributed by atoms with Gasteiger partial charge in [-0.3, -0.25) is 19.2 Å². The molecular formula is C21H23N3O6. The van der Waals surface area contributed by atoms with Crippen LogP contribution in [0, 0.1) is 5.92 Å². The maximum Gasteiger partial charge on any atom is 0.325 e. The van der Waals surface area contributed by atoms with Crippen molar-refractivity contribution in [2.75, 3.05) is 32.1 Å². The van der Waals surface area contributed by atoms with Crippen LogP contribution >= 0.6 is 0 Å². The molecule has 1 aromatic carbocycles. The molecule has 1 aliphatic rings. The number of methoxy groups -OCH3 is 1. The lowest BCUT2D eigenvalue weighted by Gasteiger charge is -2.30. The summed E-state index contributed by atoms with van der Waals surface area (Å²) in [5.74, 6) is -1.14. The summed E-state index contributed by atoms with van der Waals surface area (Å²) in [4.78, 5) is 49.6. The largest absolute Gasteiger partial charge is 0.468 e. The number of carbonyl (C=O) groups excluding carboxylic acids is 4. The molecule has 1 fully saturated rings. The number of nitrogens with one attached hydrogen (secondary N) is 2. The first-order chi connectivity index (χ1) is 14.5. The summed E-state index contributed by atoms with van der Waals surface area (Å²) in [5.41, 5.74) is 0.931. The molecule has 30 heavy (non-hydrogen) atoms. The number of esters is 1. The van der Waals surface area contributed by atoms with Crippen LogP contribution in [0.25, 0.3) is 0 Å². The fraction of sp³-hybridized carbons (Fsp3) is 0.333. The molecule has 9 heteroatoms. The van der Waals surface area contributed by atoms with Crippen molar-refractivity contribution < 1.29 is 28.3 Å². The van der Waals surface area contributed by atoms with Crippen molar-refractivity contribution in [1.82, 2.24) is 10.2 Å². The van der Waals surface area contributed by atoms with Crippen LogP contribution < -0.4 is 10.6 Å². The van der Waals surface area contributed by atoms with Crippen molar-refractivity contribution in [3.05, 3.63) is 54.0 Å². The number of carbonyl (C=O) groups is 4. The van der Waals surface area contributed by atoms with Gasteiger partial charge in [-0.25, -0.2) is 0 Å². The number of benzene rings is 1. The van der Waals surface area contributed by atoms with E-state index in [4.69, 9.17) is 4.42 Å². The zero-order valence-corrected chi connectivity index (χ0v) is 16.6. The van der Waals surface area contributed by atoms with Gasteiger partial charge in [0.05, 0.1) is 13.4 Å². The van der Waals surface area contributed by atoms with Gasteiger partial charge in [0.2, 0.25) is 5.91 Å². The summed E-state index contributed by atoms with van der Waals surface area (Å²) < 4.78 is 9.61. The predicted molar refractivity (Wildman–Crippen MR) is 107 cm³/mol. The molecule has 0 atom stereocenters. The minimum Gasteiger partial charge on any atom is -0.468 e. The maximum absolute atomic E-state index is 12.5. The van der Waals surface area contributed by atoms with Gasteiger partial charge >= 0.3 is 5.97 Å². The third-order valence-electron chi connectivity index (χ3n) is 4.92. The van der Waals surface area contributed by atoms with E-state index in [9.17, 15) is 19.2 Å². The Morgan fingerprint density at radius 2 is 1.80 bits per heavy atom. The highest BCUT2D eigenvalue weighted by molar-refractivity contribution is 5.97. The summed E-state index contributed by atoms with van der Waals surface area (Å²) >= 11 is 0. The molecule has 1 saturated heterocycles. The Balaban J connectivity index is 1.47. The van der Waals surface area contributed by atoms with Crippen molar-refractivity contribution in [1.29, 1.82) is 0 Å². The van der Waals surface area contributed by atoms with Gasteiger partial charge in [-0.1, -0.05) is 0 Å². The number of likely N-dealkylation sites (tertiary alicyclic amines) is 1. The Labute approximate surface area is 173 Å². The maximum atomic E-state index is 12.5. The van der Waals surface area contributed by atoms with E-state index in [2.05, 4.69) is 15.4 Å². The molecule has 0 saturated carbocycles. The molecule has 0 spiro atoms. The minimum absolute atomic E-state index is 0.122. The first kappa shape index (κ1) is 21.1. The second-order valence-corrected chi connectivity index (χ2v) is 6.87. The van der Waals surface area contributed by atoms with Crippen LogP contribution in [0.4, 0.5) is 5.69 Å². The molecule has 3 amide bonds. The number of hydrogen-bond donors (Lipinski definition) is 2. The summed E-state index contributed by atoms with van der Waals surface area (Å²) in [6, 6.07) is 9.67. The van der Waals surface area contributed by atoms with Gasteiger partial charge in [0, 0.05) is 30.3 Å². The van der Waals surface area contributed by atoms with Crippen LogP contribution in [0.1, 0.15) is 33.8 Å². The standard InChI is InChI=1S/C21H23N3O6/c1-29-18(25)13-22-19(26)14-4-6-16(7-5-14)23-20(27)15-8-10-24(11-9-15)21(28)17-3-2-12-30-17/h2-7,12,15H,8-11,13H2,1H3,(H,22,26)(H,23,27). The molecule has 2 N–H and O–H groups in total. The average molecular weight is 413 g/mol. The zero-order chi connectivity index (χ0) is 21.5. The minimum atomic E-state index is -0.538. The second-order valence-electron chi connectivity index (χ2n) is 6.87. The van der Waals surface area contributed by atoms with Crippen molar-refractivity contribution >= 4 is 29.4 Å². The summed E-state index contributed by atoms with van der Waals surface area (Å²) in [6.07, 6.45) is 2.58. The number of furan rings is 1. The molecule has 0 unspecified atom stereocenters. The number of amides is 3. The zero-order valence-electron chi connectivity index (χ0n) is 16.6. The van der Waals surface area contributed by atoms with Gasteiger partial charge in [0.1, 0.15) is 6.54 Å². The third kappa shape index (κ3) is 5.25. The van der Waals surface area contributed by atoms with Crippen molar-refractivity contribution in [2.24, 2.45) is 5.92 Å². The second kappa shape index (κ2) is 9.73. The molecule has 1 aromatic heterocycles. The van der Waals surface area contributed by atoms with Crippen LogP contribution in [0.3, 0.4) is 0 Å². The summed E-state index contributed by atoms with van der Waals surface area (Å²) in [7, 11) is 1.24. The Bertz CT molecular complexity index is 899. The Morgan fingerprint density at radius 1 is 1.10 bits per heavy atom. The van der Waals surface area contributed by atoms with Gasteiger partial charge in [-0.2, -0.15) is 0 Å². The van der Waals surface area contributed by atoms with Gasteiger partial charge < -0.3 is 24.7 Å². The molecule has 0 radical (unpaired) electrons. The van der Waals surface area contributed by atoms with E-state index < -0.39 is 11.9 Å². The van der Waals surface area contributed by atoms with Crippen LogP contribution in [0.15, 0.2) is 47.1 Å². The number of nitrogens with zero attached hydrogens (tertiary/aromatic N) is 1. The molecule has 9 nitrogen and oxygen atoms in total. The van der Waals surface area contributed by atoms with Crippen LogP contribution in [-0.2, 0) is 14.3 Å². The molecule has 0 bridgehead atoms. The lowest BCUT2D eigenvalue weighted by molar-refractivity contribution is -0.139. The topological polar surface area (TPSA) is 118 Å². The van der Waals surface area contributed by atoms with Gasteiger partial charge in [-0.05, 0) is 49.2 Å². The fourth-order valence-corrected chi connectivity index (χ4v) is 3.18. The molecule has 0 aliphatic carbocycles. The normalized spacial score (nSPS) is 14.1. The lowest BCUT2D eigenvalue weighted by atomic mass is 9.95. The van der Waals surface area contributed by atoms with Crippen LogP contribution in [0.2, 0.25) is 0 Å². The van der Waals surface area contributed by atoms with Crippen molar-refractivity contribution in [3.63, 3.8) is 0 Å². The number of rotatable bonds is 6. The summed E-state index contributed by atoms with van der Waals surface area (Å²) in [6.45, 7) is 0.753. The van der Waals surface area contributed by atoms with Crippen molar-refractivity contribution in [2.45, 2.75) is 12.8 Å². The lowest BCUT2D eigenvalue weighted by Crippen LogP contribution is -2.41. The molecule has 158 valence electrons. The van der Waals surface area contributed by atoms with E-state index in [-0.39, 0.29) is 24.3 Å². The third-order valence-corrected chi connectivity index (χ3v) is 4.92. The molecule has 2 heterocycles. The molecule has 1 aliphatic heterocycles. The van der Waals surface area contributed by atoms with E-state index in [0.717, 1.165) is 0 Å². The van der Waals surface area contributed by atoms with Crippen LogP contribution in [-0.4, -0.2) is 55.3 Å². The predicted octanol–water partition coefficient (Wildman–Crippen LogP) is 1.67. The molecular weight excluding hydrogens is 390 g/mol. The van der Waals surface area contributed by atoms with Gasteiger partial charge in [-0.15, -0.1) is 0 Å². The number of anilines is 1. The van der Waals surface area contributed by atoms with E-state index >= 15 is 0 Å². The van der Waals surface area contributed by atoms with E-state index in [1.165, 1.54) is 13.4 Å². The van der Waals surface area contributed by atoms with E-state index in [1.54, 1.807) is 41.3 Å². The highest BCUT2D eigenvalue weighted by atomic mass is 16.5. The highest BCUT2D eigenvalue weighted by Crippen LogP contribution is 2.21. The smallest absolute Gasteiger partial charge is 0.325 e. The first-order valence-electron chi connectivity index (χ1n) is 9.56. The number of piperidine rings is 1. The van der Waals surface area contributed by atoms with E-state index in [0.29, 0.717) is 42.9 Å². The molecule has 3 rings (SSSR count). The molecule has 2 aromatic rings. The average Bonchev–Trinajstić information content (AvgIpc) is 3.32. The number of ether oxygens (including phenoxy) is 1. The Kier molecular flexibility index (Phi) is 6.84. The summed E-state index contributed by atoms with van der Waals surface area (Å²) in [5, 5.41) is 5.29. The van der Waals surface area contributed by atoms with Crippen molar-refractivity contribution in [3.8, 4) is 0 Å². The number of hydrogen-bond acceptors (Lipinski definition) is 6. The quantitative estimate of drug-likeness (QED) is 0.696.